The molecule has 3 nitrogen and oxygen atoms in total. The third-order valence-corrected chi connectivity index (χ3v) is 1.94. The Morgan fingerprint density at radius 2 is 1.64 bits per heavy atom. The molecule has 0 unspecified atom stereocenters. The van der Waals surface area contributed by atoms with Gasteiger partial charge in [0.05, 0.1) is 5.66 Å². The predicted molar refractivity (Wildman–Crippen MR) is 49.3 cm³/mol. The Bertz CT molecular complexity index is 136. The second-order valence-electron chi connectivity index (χ2n) is 2.78. The normalized spacial score (nSPS) is 13.4. The predicted octanol–water partition coefficient (Wildman–Crippen LogP) is 0.265. The lowest BCUT2D eigenvalue weighted by Gasteiger charge is -2.25. The second kappa shape index (κ2) is 4.36. The zero-order valence-corrected chi connectivity index (χ0v) is 8.08. The van der Waals surface area contributed by atoms with Gasteiger partial charge in [0.15, 0.2) is 0 Å². The van der Waals surface area contributed by atoms with Gasteiger partial charge in [0.25, 0.3) is 0 Å². The average molecular weight is 157 g/mol. The Balaban J connectivity index is 4.27. The van der Waals surface area contributed by atoms with Crippen LogP contribution in [0.4, 0.5) is 0 Å². The summed E-state index contributed by atoms with van der Waals surface area (Å²) in [6.07, 6.45) is 2.10. The van der Waals surface area contributed by atoms with Crippen LogP contribution < -0.4 is 16.0 Å². The molecular weight excluding hydrogens is 138 g/mol. The van der Waals surface area contributed by atoms with Gasteiger partial charge in [-0.1, -0.05) is 0 Å². The largest absolute Gasteiger partial charge is 0.392 e. The molecule has 3 N–H and O–H groups in total. The van der Waals surface area contributed by atoms with Crippen molar-refractivity contribution in [2.75, 3.05) is 21.1 Å². The molecule has 66 valence electrons. The summed E-state index contributed by atoms with van der Waals surface area (Å²) < 4.78 is 0. The molecule has 11 heavy (non-hydrogen) atoms. The highest BCUT2D eigenvalue weighted by molar-refractivity contribution is 5.07. The first-order valence-electron chi connectivity index (χ1n) is 3.83. The number of rotatable bonds is 4. The molecule has 0 atom stereocenters. The Kier molecular flexibility index (Phi) is 4.15. The number of hydrogen-bond acceptors (Lipinski definition) is 3. The third kappa shape index (κ3) is 3.39. The van der Waals surface area contributed by atoms with E-state index in [9.17, 15) is 0 Å². The summed E-state index contributed by atoms with van der Waals surface area (Å²) in [5, 5.41) is 9.40. The minimum Gasteiger partial charge on any atom is -0.392 e. The standard InChI is InChI=1S/C8H19N3/c1-7(9-3)6-8(2,10-4)11-5/h6,9-11H,1-5H3. The molecular formula is C8H19N3. The van der Waals surface area contributed by atoms with E-state index in [0.29, 0.717) is 0 Å². The van der Waals surface area contributed by atoms with Gasteiger partial charge in [-0.3, -0.25) is 10.6 Å². The van der Waals surface area contributed by atoms with Crippen LogP contribution in [0, 0.1) is 0 Å². The summed E-state index contributed by atoms with van der Waals surface area (Å²) in [7, 11) is 5.77. The van der Waals surface area contributed by atoms with Crippen LogP contribution in [0.2, 0.25) is 0 Å². The highest BCUT2D eigenvalue weighted by Gasteiger charge is 2.14. The molecule has 0 saturated carbocycles. The lowest BCUT2D eigenvalue weighted by molar-refractivity contribution is 0.409. The summed E-state index contributed by atoms with van der Waals surface area (Å²) >= 11 is 0. The van der Waals surface area contributed by atoms with Gasteiger partial charge in [0.1, 0.15) is 0 Å². The molecule has 0 aromatic rings. The number of likely N-dealkylation sites (N-methyl/N-ethyl adjacent to an activating group) is 2. The molecule has 0 spiro atoms. The molecule has 0 rings (SSSR count). The summed E-state index contributed by atoms with van der Waals surface area (Å²) in [6, 6.07) is 0. The van der Waals surface area contributed by atoms with Gasteiger partial charge in [-0.05, 0) is 34.0 Å². The van der Waals surface area contributed by atoms with Crippen molar-refractivity contribution >= 4 is 0 Å². The zero-order chi connectivity index (χ0) is 8.91. The van der Waals surface area contributed by atoms with Crippen LogP contribution in [0.1, 0.15) is 13.8 Å². The van der Waals surface area contributed by atoms with E-state index >= 15 is 0 Å². The molecule has 0 heterocycles. The van der Waals surface area contributed by atoms with Gasteiger partial charge in [-0.25, -0.2) is 0 Å². The molecule has 0 radical (unpaired) electrons. The maximum absolute atomic E-state index is 3.17. The maximum Gasteiger partial charge on any atom is 0.0864 e. The van der Waals surface area contributed by atoms with E-state index in [1.807, 2.05) is 28.1 Å². The van der Waals surface area contributed by atoms with E-state index in [-0.39, 0.29) is 5.66 Å². The van der Waals surface area contributed by atoms with E-state index in [2.05, 4.69) is 29.0 Å². The Labute approximate surface area is 69.3 Å². The average Bonchev–Trinajstić information content (AvgIpc) is 2.04. The zero-order valence-electron chi connectivity index (χ0n) is 8.08. The van der Waals surface area contributed by atoms with Gasteiger partial charge in [0.2, 0.25) is 0 Å². The number of allylic oxidation sites excluding steroid dienone is 1. The Morgan fingerprint density at radius 1 is 1.18 bits per heavy atom. The van der Waals surface area contributed by atoms with Crippen molar-refractivity contribution in [2.24, 2.45) is 0 Å². The van der Waals surface area contributed by atoms with Gasteiger partial charge in [-0.2, -0.15) is 0 Å². The third-order valence-electron chi connectivity index (χ3n) is 1.94. The van der Waals surface area contributed by atoms with Crippen LogP contribution in [0.3, 0.4) is 0 Å². The van der Waals surface area contributed by atoms with Crippen molar-refractivity contribution in [3.05, 3.63) is 11.8 Å². The summed E-state index contributed by atoms with van der Waals surface area (Å²) in [4.78, 5) is 0. The number of hydrogen-bond donors (Lipinski definition) is 3. The van der Waals surface area contributed by atoms with E-state index < -0.39 is 0 Å². The molecule has 0 aromatic heterocycles. The van der Waals surface area contributed by atoms with E-state index in [1.54, 1.807) is 0 Å². The Morgan fingerprint density at radius 3 is 1.91 bits per heavy atom. The summed E-state index contributed by atoms with van der Waals surface area (Å²) in [5.74, 6) is 0. The molecule has 0 fully saturated rings. The first-order chi connectivity index (χ1) is 5.08. The quantitative estimate of drug-likeness (QED) is 0.512. The van der Waals surface area contributed by atoms with Crippen LogP contribution in [0.5, 0.6) is 0 Å². The van der Waals surface area contributed by atoms with Crippen molar-refractivity contribution in [1.29, 1.82) is 0 Å². The van der Waals surface area contributed by atoms with Crippen molar-refractivity contribution < 1.29 is 0 Å². The van der Waals surface area contributed by atoms with E-state index in [0.717, 1.165) is 5.70 Å². The van der Waals surface area contributed by atoms with Crippen molar-refractivity contribution in [3.8, 4) is 0 Å². The fraction of sp³-hybridized carbons (Fsp3) is 0.750. The first-order valence-corrected chi connectivity index (χ1v) is 3.83. The van der Waals surface area contributed by atoms with Crippen molar-refractivity contribution in [2.45, 2.75) is 19.5 Å². The van der Waals surface area contributed by atoms with Crippen molar-refractivity contribution in [3.63, 3.8) is 0 Å². The SMILES string of the molecule is CNC(C)=CC(C)(NC)NC. The van der Waals surface area contributed by atoms with Crippen LogP contribution in [-0.4, -0.2) is 26.8 Å². The highest BCUT2D eigenvalue weighted by Crippen LogP contribution is 2.01. The monoisotopic (exact) mass is 157 g/mol. The Hall–Kier alpha value is -0.540. The lowest BCUT2D eigenvalue weighted by atomic mass is 10.1. The molecule has 0 aliphatic carbocycles. The minimum atomic E-state index is -0.118. The molecule has 0 aliphatic rings. The van der Waals surface area contributed by atoms with Crippen LogP contribution >= 0.6 is 0 Å². The minimum absolute atomic E-state index is 0.118. The fourth-order valence-corrected chi connectivity index (χ4v) is 0.775. The lowest BCUT2D eigenvalue weighted by Crippen LogP contribution is -2.49. The van der Waals surface area contributed by atoms with Crippen LogP contribution in [0.25, 0.3) is 0 Å². The smallest absolute Gasteiger partial charge is 0.0864 e. The van der Waals surface area contributed by atoms with E-state index in [1.165, 1.54) is 0 Å². The fourth-order valence-electron chi connectivity index (χ4n) is 0.775. The maximum atomic E-state index is 3.17. The number of nitrogens with one attached hydrogen (secondary N) is 3. The highest BCUT2D eigenvalue weighted by atomic mass is 15.1. The van der Waals surface area contributed by atoms with Crippen LogP contribution in [0.15, 0.2) is 11.8 Å². The van der Waals surface area contributed by atoms with Gasteiger partial charge >= 0.3 is 0 Å². The van der Waals surface area contributed by atoms with Gasteiger partial charge < -0.3 is 5.32 Å². The second-order valence-corrected chi connectivity index (χ2v) is 2.78. The topological polar surface area (TPSA) is 36.1 Å². The molecule has 0 amide bonds. The molecule has 0 saturated heterocycles. The van der Waals surface area contributed by atoms with Crippen molar-refractivity contribution in [1.82, 2.24) is 16.0 Å². The van der Waals surface area contributed by atoms with E-state index in [4.69, 9.17) is 0 Å². The van der Waals surface area contributed by atoms with Crippen LogP contribution in [-0.2, 0) is 0 Å². The summed E-state index contributed by atoms with van der Waals surface area (Å²) in [5.41, 5.74) is 1.03. The summed E-state index contributed by atoms with van der Waals surface area (Å²) in [6.45, 7) is 4.11. The molecule has 3 heteroatoms. The molecule has 0 bridgehead atoms. The van der Waals surface area contributed by atoms with Gasteiger partial charge in [-0.15, -0.1) is 0 Å². The molecule has 0 aromatic carbocycles. The first kappa shape index (κ1) is 10.5. The van der Waals surface area contributed by atoms with Gasteiger partial charge in [0, 0.05) is 12.7 Å². The molecule has 0 aliphatic heterocycles.